The number of rotatable bonds is 10. The van der Waals surface area contributed by atoms with Crippen LogP contribution in [0.25, 0.3) is 11.4 Å². The Morgan fingerprint density at radius 2 is 2.00 bits per heavy atom. The first-order valence-corrected chi connectivity index (χ1v) is 12.9. The summed E-state index contributed by atoms with van der Waals surface area (Å²) in [6, 6.07) is 3.82. The fourth-order valence-electron chi connectivity index (χ4n) is 4.62. The minimum absolute atomic E-state index is 0.0378. The molecule has 0 bridgehead atoms. The van der Waals surface area contributed by atoms with Gasteiger partial charge in [-0.2, -0.15) is 0 Å². The van der Waals surface area contributed by atoms with Crippen LogP contribution in [0, 0.1) is 5.92 Å². The number of amides is 1. The van der Waals surface area contributed by atoms with Crippen LogP contribution in [0.15, 0.2) is 12.1 Å². The smallest absolute Gasteiger partial charge is 0.409 e. The van der Waals surface area contributed by atoms with Crippen molar-refractivity contribution in [3.05, 3.63) is 23.5 Å². The standard InChI is InChI=1S/C26H37N5O5/c1-5-6-14-30(2)26(33)35-16-21-24(28-29-31(21)3)20-12-13-22(23(27-20)17-10-11-17)36-19-9-7-8-18(15-19)25(32)34-4/h12-13,17-19H,5-11,14-16H2,1-4H3/t18-,19-/m0/s1. The summed E-state index contributed by atoms with van der Waals surface area (Å²) in [6.45, 7) is 2.80. The third-order valence-electron chi connectivity index (χ3n) is 6.98. The molecule has 2 aromatic rings. The molecule has 2 atom stereocenters. The number of hydrogen-bond donors (Lipinski definition) is 0. The number of unbranched alkanes of at least 4 members (excludes halogenated alkanes) is 1. The Labute approximate surface area is 212 Å². The minimum atomic E-state index is -0.372. The molecule has 196 valence electrons. The van der Waals surface area contributed by atoms with E-state index in [0.717, 1.165) is 56.4 Å². The number of pyridine rings is 1. The number of nitrogens with zero attached hydrogens (tertiary/aromatic N) is 5. The van der Waals surface area contributed by atoms with Crippen LogP contribution in [0.2, 0.25) is 0 Å². The highest BCUT2D eigenvalue weighted by Gasteiger charge is 2.33. The van der Waals surface area contributed by atoms with Crippen LogP contribution in [0.1, 0.15) is 75.6 Å². The lowest BCUT2D eigenvalue weighted by Gasteiger charge is -2.28. The van der Waals surface area contributed by atoms with Gasteiger partial charge in [-0.05, 0) is 57.1 Å². The minimum Gasteiger partial charge on any atom is -0.488 e. The van der Waals surface area contributed by atoms with Gasteiger partial charge in [0.1, 0.15) is 23.7 Å². The van der Waals surface area contributed by atoms with Gasteiger partial charge in [0, 0.05) is 26.6 Å². The Balaban J connectivity index is 1.49. The van der Waals surface area contributed by atoms with Crippen molar-refractivity contribution in [3.63, 3.8) is 0 Å². The molecule has 2 heterocycles. The first-order chi connectivity index (χ1) is 17.4. The van der Waals surface area contributed by atoms with E-state index in [1.54, 1.807) is 23.7 Å². The summed E-state index contributed by atoms with van der Waals surface area (Å²) in [6.07, 6.45) is 7.00. The summed E-state index contributed by atoms with van der Waals surface area (Å²) in [5.41, 5.74) is 2.88. The predicted molar refractivity (Wildman–Crippen MR) is 132 cm³/mol. The van der Waals surface area contributed by atoms with Crippen molar-refractivity contribution < 1.29 is 23.8 Å². The molecule has 0 aromatic carbocycles. The van der Waals surface area contributed by atoms with E-state index in [-0.39, 0.29) is 30.7 Å². The van der Waals surface area contributed by atoms with E-state index in [0.29, 0.717) is 36.0 Å². The topological polar surface area (TPSA) is 109 Å². The van der Waals surface area contributed by atoms with E-state index in [9.17, 15) is 9.59 Å². The number of methoxy groups -OCH3 is 1. The second-order valence-electron chi connectivity index (χ2n) is 9.82. The van der Waals surface area contributed by atoms with Gasteiger partial charge in [-0.3, -0.25) is 4.79 Å². The highest BCUT2D eigenvalue weighted by atomic mass is 16.6. The Bertz CT molecular complexity index is 1070. The zero-order valence-corrected chi connectivity index (χ0v) is 21.7. The number of hydrogen-bond acceptors (Lipinski definition) is 8. The molecule has 10 nitrogen and oxygen atoms in total. The van der Waals surface area contributed by atoms with E-state index >= 15 is 0 Å². The van der Waals surface area contributed by atoms with E-state index in [1.165, 1.54) is 7.11 Å². The molecule has 2 saturated carbocycles. The van der Waals surface area contributed by atoms with Gasteiger partial charge in [0.05, 0.1) is 30.5 Å². The maximum absolute atomic E-state index is 12.4. The number of aromatic nitrogens is 4. The summed E-state index contributed by atoms with van der Waals surface area (Å²) in [5, 5.41) is 8.47. The number of carbonyl (C=O) groups is 2. The lowest BCUT2D eigenvalue weighted by Crippen LogP contribution is -2.30. The van der Waals surface area contributed by atoms with E-state index in [4.69, 9.17) is 19.2 Å². The molecule has 0 radical (unpaired) electrons. The predicted octanol–water partition coefficient (Wildman–Crippen LogP) is 4.23. The molecule has 10 heteroatoms. The summed E-state index contributed by atoms with van der Waals surface area (Å²) < 4.78 is 18.5. The molecule has 2 aromatic heterocycles. The zero-order chi connectivity index (χ0) is 25.7. The van der Waals surface area contributed by atoms with Crippen LogP contribution >= 0.6 is 0 Å². The number of carbonyl (C=O) groups excluding carboxylic acids is 2. The normalized spacial score (nSPS) is 19.6. The summed E-state index contributed by atoms with van der Waals surface area (Å²) in [5.74, 6) is 0.846. The monoisotopic (exact) mass is 499 g/mol. The molecule has 0 unspecified atom stereocenters. The number of ether oxygens (including phenoxy) is 3. The molecule has 2 aliphatic rings. The maximum Gasteiger partial charge on any atom is 0.409 e. The largest absolute Gasteiger partial charge is 0.488 e. The molecule has 2 aliphatic carbocycles. The van der Waals surface area contributed by atoms with Gasteiger partial charge in [-0.15, -0.1) is 5.10 Å². The summed E-state index contributed by atoms with van der Waals surface area (Å²) >= 11 is 0. The highest BCUT2D eigenvalue weighted by Crippen LogP contribution is 2.45. The molecule has 1 amide bonds. The average Bonchev–Trinajstić information content (AvgIpc) is 3.68. The lowest BCUT2D eigenvalue weighted by molar-refractivity contribution is -0.147. The Morgan fingerprint density at radius 3 is 2.72 bits per heavy atom. The van der Waals surface area contributed by atoms with Gasteiger partial charge in [0.25, 0.3) is 0 Å². The molecule has 4 rings (SSSR count). The summed E-state index contributed by atoms with van der Waals surface area (Å²) in [7, 11) is 4.95. The van der Waals surface area contributed by atoms with Crippen molar-refractivity contribution in [2.45, 2.75) is 76.9 Å². The molecule has 0 saturated heterocycles. The molecular weight excluding hydrogens is 462 g/mol. The van der Waals surface area contributed by atoms with Crippen LogP contribution in [0.3, 0.4) is 0 Å². The first-order valence-electron chi connectivity index (χ1n) is 12.9. The first kappa shape index (κ1) is 25.9. The van der Waals surface area contributed by atoms with Gasteiger partial charge >= 0.3 is 12.1 Å². The van der Waals surface area contributed by atoms with Crippen molar-refractivity contribution in [1.82, 2.24) is 24.9 Å². The molecule has 0 spiro atoms. The molecule has 0 N–H and O–H groups in total. The SMILES string of the molecule is CCCCN(C)C(=O)OCc1c(-c2ccc(O[C@H]3CCC[C@H](C(=O)OC)C3)c(C3CC3)n2)nnn1C. The Hall–Kier alpha value is -3.17. The van der Waals surface area contributed by atoms with E-state index in [1.807, 2.05) is 12.1 Å². The van der Waals surface area contributed by atoms with Gasteiger partial charge in [-0.1, -0.05) is 18.6 Å². The number of esters is 1. The van der Waals surface area contributed by atoms with Gasteiger partial charge < -0.3 is 19.1 Å². The molecule has 2 fully saturated rings. The van der Waals surface area contributed by atoms with Crippen molar-refractivity contribution in [2.75, 3.05) is 20.7 Å². The van der Waals surface area contributed by atoms with Gasteiger partial charge in [-0.25, -0.2) is 14.5 Å². The van der Waals surface area contributed by atoms with Gasteiger partial charge in [0.2, 0.25) is 0 Å². The number of aryl methyl sites for hydroxylation is 1. The van der Waals surface area contributed by atoms with Gasteiger partial charge in [0.15, 0.2) is 0 Å². The third-order valence-corrected chi connectivity index (χ3v) is 6.98. The fraction of sp³-hybridized carbons (Fsp3) is 0.654. The quantitative estimate of drug-likeness (QED) is 0.447. The zero-order valence-electron chi connectivity index (χ0n) is 21.7. The van der Waals surface area contributed by atoms with Crippen molar-refractivity contribution >= 4 is 12.1 Å². The average molecular weight is 500 g/mol. The van der Waals surface area contributed by atoms with E-state index in [2.05, 4.69) is 17.2 Å². The molecule has 36 heavy (non-hydrogen) atoms. The van der Waals surface area contributed by atoms with Crippen LogP contribution in [-0.2, 0) is 27.9 Å². The Kier molecular flexibility index (Phi) is 8.43. The second kappa shape index (κ2) is 11.7. The lowest BCUT2D eigenvalue weighted by atomic mass is 9.87. The van der Waals surface area contributed by atoms with Crippen LogP contribution < -0.4 is 4.74 Å². The van der Waals surface area contributed by atoms with Crippen molar-refractivity contribution in [3.8, 4) is 17.1 Å². The molecule has 0 aliphatic heterocycles. The second-order valence-corrected chi connectivity index (χ2v) is 9.82. The maximum atomic E-state index is 12.4. The van der Waals surface area contributed by atoms with Crippen molar-refractivity contribution in [1.29, 1.82) is 0 Å². The fourth-order valence-corrected chi connectivity index (χ4v) is 4.62. The molecular formula is C26H37N5O5. The van der Waals surface area contributed by atoms with Crippen LogP contribution in [-0.4, -0.2) is 63.7 Å². The summed E-state index contributed by atoms with van der Waals surface area (Å²) in [4.78, 5) is 30.9. The highest BCUT2D eigenvalue weighted by molar-refractivity contribution is 5.72. The van der Waals surface area contributed by atoms with E-state index < -0.39 is 0 Å². The van der Waals surface area contributed by atoms with Crippen molar-refractivity contribution in [2.24, 2.45) is 13.0 Å². The Morgan fingerprint density at radius 1 is 1.19 bits per heavy atom. The van der Waals surface area contributed by atoms with Crippen LogP contribution in [0.4, 0.5) is 4.79 Å². The van der Waals surface area contributed by atoms with Crippen LogP contribution in [0.5, 0.6) is 5.75 Å². The third kappa shape index (κ3) is 6.14.